The van der Waals surface area contributed by atoms with Crippen LogP contribution in [0.4, 0.5) is 0 Å². The zero-order valence-corrected chi connectivity index (χ0v) is 18.0. The molecule has 0 radical (unpaired) electrons. The maximum atomic E-state index is 13.5. The molecule has 1 atom stereocenters. The minimum absolute atomic E-state index is 0.0170. The number of carbonyl (C=O) groups is 1. The largest absolute Gasteiger partial charge is 0.348 e. The van der Waals surface area contributed by atoms with Crippen LogP contribution < -0.4 is 0 Å². The quantitative estimate of drug-likeness (QED) is 0.521. The van der Waals surface area contributed by atoms with Crippen LogP contribution >= 0.6 is 11.3 Å². The average molecular weight is 418 g/mol. The topological polar surface area (TPSA) is 74.8 Å². The maximum Gasteiger partial charge on any atom is 0.266 e. The highest BCUT2D eigenvalue weighted by Crippen LogP contribution is 2.36. The molecule has 0 aliphatic carbocycles. The van der Waals surface area contributed by atoms with Crippen molar-refractivity contribution in [3.63, 3.8) is 0 Å². The van der Waals surface area contributed by atoms with Gasteiger partial charge in [-0.25, -0.2) is 9.97 Å². The molecule has 1 N–H and O–H groups in total. The van der Waals surface area contributed by atoms with Crippen molar-refractivity contribution in [3.05, 3.63) is 76.0 Å². The van der Waals surface area contributed by atoms with Gasteiger partial charge in [-0.15, -0.1) is 11.3 Å². The van der Waals surface area contributed by atoms with E-state index in [-0.39, 0.29) is 17.4 Å². The standard InChI is InChI=1S/C23H23N5OS/c1-23(2,3)22-25-12-18(30-22)21(29)28-9-8-16-19(27-13-26-16)20(28)17-10-14-6-4-5-7-15(14)11-24-17/h4-7,10-13,20H,8-9H2,1-3H3,(H,26,27)/t20-/m0/s1. The van der Waals surface area contributed by atoms with Crippen molar-refractivity contribution in [2.24, 2.45) is 0 Å². The first-order valence-electron chi connectivity index (χ1n) is 10.1. The fourth-order valence-corrected chi connectivity index (χ4v) is 4.84. The van der Waals surface area contributed by atoms with E-state index >= 15 is 0 Å². The van der Waals surface area contributed by atoms with Gasteiger partial charge in [-0.1, -0.05) is 45.0 Å². The van der Waals surface area contributed by atoms with Crippen LogP contribution in [0.25, 0.3) is 10.8 Å². The third-order valence-corrected chi connectivity index (χ3v) is 6.89. The molecule has 1 aromatic carbocycles. The second-order valence-corrected chi connectivity index (χ2v) is 9.68. The van der Waals surface area contributed by atoms with Gasteiger partial charge in [0.05, 0.1) is 28.9 Å². The van der Waals surface area contributed by atoms with Crippen molar-refractivity contribution in [2.45, 2.75) is 38.6 Å². The minimum atomic E-state index is -0.322. The van der Waals surface area contributed by atoms with Crippen molar-refractivity contribution in [1.82, 2.24) is 24.8 Å². The van der Waals surface area contributed by atoms with Gasteiger partial charge in [-0.2, -0.15) is 0 Å². The Balaban J connectivity index is 1.58. The molecule has 6 nitrogen and oxygen atoms in total. The Morgan fingerprint density at radius 2 is 1.93 bits per heavy atom. The summed E-state index contributed by atoms with van der Waals surface area (Å²) in [6.45, 7) is 6.94. The van der Waals surface area contributed by atoms with Gasteiger partial charge in [0.25, 0.3) is 5.91 Å². The third kappa shape index (κ3) is 3.19. The van der Waals surface area contributed by atoms with E-state index in [2.05, 4.69) is 47.9 Å². The Morgan fingerprint density at radius 1 is 1.13 bits per heavy atom. The van der Waals surface area contributed by atoms with Gasteiger partial charge < -0.3 is 9.88 Å². The van der Waals surface area contributed by atoms with Crippen LogP contribution in [0.15, 0.2) is 49.1 Å². The van der Waals surface area contributed by atoms with Gasteiger partial charge in [-0.05, 0) is 11.5 Å². The molecule has 0 saturated carbocycles. The van der Waals surface area contributed by atoms with Crippen LogP contribution in [0, 0.1) is 0 Å². The Kier molecular flexibility index (Phi) is 4.43. The normalized spacial score (nSPS) is 16.6. The third-order valence-electron chi connectivity index (χ3n) is 5.48. The fraction of sp³-hybridized carbons (Fsp3) is 0.304. The molecule has 0 saturated heterocycles. The fourth-order valence-electron chi connectivity index (χ4n) is 3.91. The molecule has 4 heterocycles. The lowest BCUT2D eigenvalue weighted by atomic mass is 9.98. The average Bonchev–Trinajstić information content (AvgIpc) is 3.41. The monoisotopic (exact) mass is 417 g/mol. The number of pyridine rings is 1. The number of H-pyrrole nitrogens is 1. The number of hydrogen-bond acceptors (Lipinski definition) is 5. The zero-order chi connectivity index (χ0) is 20.9. The summed E-state index contributed by atoms with van der Waals surface area (Å²) in [6, 6.07) is 9.87. The summed E-state index contributed by atoms with van der Waals surface area (Å²) in [5.41, 5.74) is 2.69. The van der Waals surface area contributed by atoms with Gasteiger partial charge in [0, 0.05) is 35.7 Å². The number of aromatic nitrogens is 4. The molecular formula is C23H23N5OS. The number of nitrogens with zero attached hydrogens (tertiary/aromatic N) is 4. The molecule has 4 aromatic rings. The van der Waals surface area contributed by atoms with Crippen LogP contribution in [0.1, 0.15) is 58.6 Å². The lowest BCUT2D eigenvalue weighted by Gasteiger charge is -2.34. The van der Waals surface area contributed by atoms with Crippen molar-refractivity contribution >= 4 is 28.0 Å². The number of benzene rings is 1. The number of thiazole rings is 1. The van der Waals surface area contributed by atoms with E-state index in [9.17, 15) is 4.79 Å². The maximum absolute atomic E-state index is 13.5. The molecule has 3 aromatic heterocycles. The van der Waals surface area contributed by atoms with Crippen LogP contribution in [-0.4, -0.2) is 37.3 Å². The first kappa shape index (κ1) is 18.9. The highest BCUT2D eigenvalue weighted by molar-refractivity contribution is 7.13. The molecule has 1 aliphatic heterocycles. The van der Waals surface area contributed by atoms with Crippen molar-refractivity contribution < 1.29 is 4.79 Å². The summed E-state index contributed by atoms with van der Waals surface area (Å²) in [7, 11) is 0. The molecule has 152 valence electrons. The first-order chi connectivity index (χ1) is 14.4. The number of amides is 1. The number of fused-ring (bicyclic) bond motifs is 2. The van der Waals surface area contributed by atoms with E-state index in [0.717, 1.165) is 39.3 Å². The van der Waals surface area contributed by atoms with E-state index < -0.39 is 0 Å². The highest BCUT2D eigenvalue weighted by atomic mass is 32.1. The second-order valence-electron chi connectivity index (χ2n) is 8.65. The Morgan fingerprint density at radius 3 is 2.70 bits per heavy atom. The summed E-state index contributed by atoms with van der Waals surface area (Å²) < 4.78 is 0. The summed E-state index contributed by atoms with van der Waals surface area (Å²) in [5, 5.41) is 3.14. The molecular weight excluding hydrogens is 394 g/mol. The van der Waals surface area contributed by atoms with Gasteiger partial charge in [-0.3, -0.25) is 9.78 Å². The van der Waals surface area contributed by atoms with E-state index in [1.807, 2.05) is 29.3 Å². The molecule has 0 spiro atoms. The van der Waals surface area contributed by atoms with Gasteiger partial charge >= 0.3 is 0 Å². The van der Waals surface area contributed by atoms with Crippen molar-refractivity contribution in [3.8, 4) is 0 Å². The Bertz CT molecular complexity index is 1240. The SMILES string of the molecule is CC(C)(C)c1ncc(C(=O)N2CCc3[nH]cnc3[C@@H]2c2cc3ccccc3cn2)s1. The smallest absolute Gasteiger partial charge is 0.266 e. The number of aromatic amines is 1. The van der Waals surface area contributed by atoms with Crippen molar-refractivity contribution in [1.29, 1.82) is 0 Å². The summed E-state index contributed by atoms with van der Waals surface area (Å²) in [5.74, 6) is -0.0170. The van der Waals surface area contributed by atoms with Crippen LogP contribution in [0.3, 0.4) is 0 Å². The number of nitrogens with one attached hydrogen (secondary N) is 1. The summed E-state index contributed by atoms with van der Waals surface area (Å²) >= 11 is 1.47. The van der Waals surface area contributed by atoms with E-state index in [0.29, 0.717) is 11.4 Å². The Hall–Kier alpha value is -3.06. The molecule has 30 heavy (non-hydrogen) atoms. The van der Waals surface area contributed by atoms with Crippen molar-refractivity contribution in [2.75, 3.05) is 6.54 Å². The van der Waals surface area contributed by atoms with E-state index in [4.69, 9.17) is 4.98 Å². The number of rotatable bonds is 2. The van der Waals surface area contributed by atoms with E-state index in [1.165, 1.54) is 11.3 Å². The summed E-state index contributed by atoms with van der Waals surface area (Å²) in [6.07, 6.45) is 6.03. The molecule has 1 amide bonds. The number of carbonyl (C=O) groups excluding carboxylic acids is 1. The first-order valence-corrected chi connectivity index (χ1v) is 10.9. The molecule has 0 unspecified atom stereocenters. The number of imidazole rings is 1. The van der Waals surface area contributed by atoms with Gasteiger partial charge in [0.15, 0.2) is 0 Å². The predicted molar refractivity (Wildman–Crippen MR) is 118 cm³/mol. The zero-order valence-electron chi connectivity index (χ0n) is 17.2. The Labute approximate surface area is 179 Å². The van der Waals surface area contributed by atoms with Gasteiger partial charge in [0.1, 0.15) is 10.9 Å². The van der Waals surface area contributed by atoms with Gasteiger partial charge in [0.2, 0.25) is 0 Å². The summed E-state index contributed by atoms with van der Waals surface area (Å²) in [4.78, 5) is 33.1. The predicted octanol–water partition coefficient (Wildman–Crippen LogP) is 4.50. The van der Waals surface area contributed by atoms with Crippen LogP contribution in [0.2, 0.25) is 0 Å². The van der Waals surface area contributed by atoms with Crippen LogP contribution in [0.5, 0.6) is 0 Å². The highest BCUT2D eigenvalue weighted by Gasteiger charge is 2.36. The lowest BCUT2D eigenvalue weighted by Crippen LogP contribution is -2.40. The molecule has 5 rings (SSSR count). The minimum Gasteiger partial charge on any atom is -0.348 e. The number of hydrogen-bond donors (Lipinski definition) is 1. The second kappa shape index (κ2) is 7.02. The molecule has 1 aliphatic rings. The molecule has 0 bridgehead atoms. The van der Waals surface area contributed by atoms with E-state index in [1.54, 1.807) is 12.5 Å². The van der Waals surface area contributed by atoms with Crippen LogP contribution in [-0.2, 0) is 11.8 Å². The lowest BCUT2D eigenvalue weighted by molar-refractivity contribution is 0.0692. The molecule has 7 heteroatoms. The molecule has 0 fully saturated rings.